The molecule has 5 heteroatoms. The SMILES string of the molecule is CCCCCCCCCCCC(=O)Oc1cc(Oc2ccccc2)c(OC(=O)CCCCCCCCCCC)c2ccccc12. The zero-order valence-electron chi connectivity index (χ0n) is 28.0. The molecular weight excluding hydrogens is 560 g/mol. The van der Waals surface area contributed by atoms with Crippen LogP contribution in [0.4, 0.5) is 0 Å². The van der Waals surface area contributed by atoms with E-state index < -0.39 is 0 Å². The van der Waals surface area contributed by atoms with E-state index in [4.69, 9.17) is 14.2 Å². The van der Waals surface area contributed by atoms with Crippen LogP contribution in [-0.4, -0.2) is 11.9 Å². The quantitative estimate of drug-likeness (QED) is 0.0569. The predicted molar refractivity (Wildman–Crippen MR) is 185 cm³/mol. The second-order valence-electron chi connectivity index (χ2n) is 12.3. The summed E-state index contributed by atoms with van der Waals surface area (Å²) < 4.78 is 18.1. The van der Waals surface area contributed by atoms with Crippen LogP contribution in [0, 0.1) is 0 Å². The molecule has 0 N–H and O–H groups in total. The van der Waals surface area contributed by atoms with E-state index >= 15 is 0 Å². The minimum absolute atomic E-state index is 0.260. The lowest BCUT2D eigenvalue weighted by Gasteiger charge is -2.17. The summed E-state index contributed by atoms with van der Waals surface area (Å²) in [5, 5.41) is 1.39. The molecule has 0 atom stereocenters. The number of ether oxygens (including phenoxy) is 3. The standard InChI is InChI=1S/C40H56O5/c1-3-5-7-9-11-13-15-17-22-30-38(41)44-36-32-37(43-33-26-20-19-21-27-33)40(35-29-25-24-28-34(35)36)45-39(42)31-23-18-16-14-12-10-8-6-4-2/h19-21,24-29,32H,3-18,22-23,30-31H2,1-2H3. The number of rotatable bonds is 24. The van der Waals surface area contributed by atoms with Crippen LogP contribution in [0.3, 0.4) is 0 Å². The van der Waals surface area contributed by atoms with Gasteiger partial charge in [0.25, 0.3) is 0 Å². The van der Waals surface area contributed by atoms with Gasteiger partial charge in [-0.05, 0) is 25.0 Å². The fourth-order valence-electron chi connectivity index (χ4n) is 5.67. The first-order valence-electron chi connectivity index (χ1n) is 17.8. The van der Waals surface area contributed by atoms with Crippen molar-refractivity contribution in [1.82, 2.24) is 0 Å². The zero-order chi connectivity index (χ0) is 32.0. The molecule has 0 unspecified atom stereocenters. The van der Waals surface area contributed by atoms with Gasteiger partial charge in [0.1, 0.15) is 11.5 Å². The van der Waals surface area contributed by atoms with Gasteiger partial charge in [-0.25, -0.2) is 0 Å². The van der Waals surface area contributed by atoms with E-state index in [1.165, 1.54) is 77.0 Å². The molecule has 0 heterocycles. The maximum absolute atomic E-state index is 13.0. The van der Waals surface area contributed by atoms with Gasteiger partial charge in [-0.2, -0.15) is 0 Å². The molecule has 246 valence electrons. The number of carbonyl (C=O) groups is 2. The number of benzene rings is 3. The highest BCUT2D eigenvalue weighted by Crippen LogP contribution is 2.44. The van der Waals surface area contributed by atoms with E-state index in [2.05, 4.69) is 13.8 Å². The minimum Gasteiger partial charge on any atom is -0.453 e. The Hall–Kier alpha value is -3.34. The van der Waals surface area contributed by atoms with Crippen LogP contribution in [0.5, 0.6) is 23.0 Å². The van der Waals surface area contributed by atoms with Gasteiger partial charge in [-0.1, -0.05) is 159 Å². The molecule has 0 aliphatic rings. The van der Waals surface area contributed by atoms with Crippen LogP contribution in [0.2, 0.25) is 0 Å². The summed E-state index contributed by atoms with van der Waals surface area (Å²) in [6.45, 7) is 4.48. The molecule has 0 amide bonds. The number of fused-ring (bicyclic) bond motifs is 1. The van der Waals surface area contributed by atoms with Gasteiger partial charge < -0.3 is 14.2 Å². The monoisotopic (exact) mass is 616 g/mol. The molecule has 3 rings (SSSR count). The average Bonchev–Trinajstić information content (AvgIpc) is 3.05. The fourth-order valence-corrected chi connectivity index (χ4v) is 5.67. The second-order valence-corrected chi connectivity index (χ2v) is 12.3. The summed E-state index contributed by atoms with van der Waals surface area (Å²) in [5.74, 6) is 1.19. The first-order valence-corrected chi connectivity index (χ1v) is 17.8. The summed E-state index contributed by atoms with van der Waals surface area (Å²) in [5.41, 5.74) is 0. The van der Waals surface area contributed by atoms with E-state index in [0.717, 1.165) is 38.5 Å². The van der Waals surface area contributed by atoms with E-state index in [1.807, 2.05) is 54.6 Å². The van der Waals surface area contributed by atoms with E-state index in [9.17, 15) is 9.59 Å². The molecule has 0 aliphatic carbocycles. The van der Waals surface area contributed by atoms with Crippen molar-refractivity contribution in [3.8, 4) is 23.0 Å². The molecule has 0 fully saturated rings. The Morgan fingerprint density at radius 2 is 0.933 bits per heavy atom. The first-order chi connectivity index (χ1) is 22.1. The maximum Gasteiger partial charge on any atom is 0.311 e. The van der Waals surface area contributed by atoms with Crippen LogP contribution >= 0.6 is 0 Å². The predicted octanol–water partition coefficient (Wildman–Crippen LogP) is 12.3. The number of hydrogen-bond acceptors (Lipinski definition) is 5. The number of carbonyl (C=O) groups excluding carboxylic acids is 2. The smallest absolute Gasteiger partial charge is 0.311 e. The normalized spacial score (nSPS) is 11.1. The molecule has 0 saturated carbocycles. The fraction of sp³-hybridized carbons (Fsp3) is 0.550. The average molecular weight is 617 g/mol. The summed E-state index contributed by atoms with van der Waals surface area (Å²) in [6, 6.07) is 18.6. The highest BCUT2D eigenvalue weighted by atomic mass is 16.6. The largest absolute Gasteiger partial charge is 0.453 e. The molecule has 3 aromatic carbocycles. The highest BCUT2D eigenvalue weighted by Gasteiger charge is 2.20. The van der Waals surface area contributed by atoms with Crippen molar-refractivity contribution in [2.24, 2.45) is 0 Å². The molecule has 0 radical (unpaired) electrons. The van der Waals surface area contributed by atoms with Crippen LogP contribution < -0.4 is 14.2 Å². The minimum atomic E-state index is -0.281. The third-order valence-electron chi connectivity index (χ3n) is 8.30. The Morgan fingerprint density at radius 3 is 1.47 bits per heavy atom. The Bertz CT molecular complexity index is 1250. The molecule has 0 aromatic heterocycles. The number of esters is 2. The number of unbranched alkanes of at least 4 members (excludes halogenated alkanes) is 16. The molecular formula is C40H56O5. The second kappa shape index (κ2) is 22.2. The van der Waals surface area contributed by atoms with Crippen molar-refractivity contribution in [1.29, 1.82) is 0 Å². The van der Waals surface area contributed by atoms with Crippen LogP contribution in [0.25, 0.3) is 10.8 Å². The Balaban J connectivity index is 1.62. The molecule has 45 heavy (non-hydrogen) atoms. The third-order valence-corrected chi connectivity index (χ3v) is 8.30. The van der Waals surface area contributed by atoms with Crippen molar-refractivity contribution < 1.29 is 23.8 Å². The molecule has 0 aliphatic heterocycles. The maximum atomic E-state index is 13.0. The Morgan fingerprint density at radius 1 is 0.489 bits per heavy atom. The van der Waals surface area contributed by atoms with Gasteiger partial charge in [0.05, 0.1) is 0 Å². The van der Waals surface area contributed by atoms with Crippen molar-refractivity contribution in [3.63, 3.8) is 0 Å². The Labute approximate surface area is 272 Å². The van der Waals surface area contributed by atoms with Crippen molar-refractivity contribution in [3.05, 3.63) is 60.7 Å². The lowest BCUT2D eigenvalue weighted by molar-refractivity contribution is -0.135. The van der Waals surface area contributed by atoms with Gasteiger partial charge in [0.15, 0.2) is 11.5 Å². The summed E-state index contributed by atoms with van der Waals surface area (Å²) in [6.07, 6.45) is 22.1. The lowest BCUT2D eigenvalue weighted by Crippen LogP contribution is -2.11. The molecule has 0 bridgehead atoms. The lowest BCUT2D eigenvalue weighted by atomic mass is 10.1. The van der Waals surface area contributed by atoms with Gasteiger partial charge in [0, 0.05) is 29.7 Å². The van der Waals surface area contributed by atoms with Crippen LogP contribution in [-0.2, 0) is 9.59 Å². The van der Waals surface area contributed by atoms with Crippen LogP contribution in [0.15, 0.2) is 60.7 Å². The molecule has 0 spiro atoms. The van der Waals surface area contributed by atoms with E-state index in [1.54, 1.807) is 6.07 Å². The van der Waals surface area contributed by atoms with Gasteiger partial charge in [0.2, 0.25) is 0 Å². The van der Waals surface area contributed by atoms with E-state index in [0.29, 0.717) is 46.6 Å². The van der Waals surface area contributed by atoms with Crippen molar-refractivity contribution in [2.45, 2.75) is 142 Å². The third kappa shape index (κ3) is 14.1. The van der Waals surface area contributed by atoms with Crippen LogP contribution in [0.1, 0.15) is 142 Å². The number of para-hydroxylation sites is 1. The van der Waals surface area contributed by atoms with E-state index in [-0.39, 0.29) is 11.9 Å². The number of hydrogen-bond donors (Lipinski definition) is 0. The zero-order valence-corrected chi connectivity index (χ0v) is 28.0. The van der Waals surface area contributed by atoms with Crippen molar-refractivity contribution >= 4 is 22.7 Å². The summed E-state index contributed by atoms with van der Waals surface area (Å²) in [7, 11) is 0. The first kappa shape index (κ1) is 36.1. The van der Waals surface area contributed by atoms with Crippen molar-refractivity contribution in [2.75, 3.05) is 0 Å². The highest BCUT2D eigenvalue weighted by molar-refractivity contribution is 5.98. The molecule has 3 aromatic rings. The molecule has 0 saturated heterocycles. The summed E-state index contributed by atoms with van der Waals surface area (Å²) in [4.78, 5) is 25.9. The van der Waals surface area contributed by atoms with Gasteiger partial charge in [-0.15, -0.1) is 0 Å². The topological polar surface area (TPSA) is 61.8 Å². The van der Waals surface area contributed by atoms with Gasteiger partial charge in [-0.3, -0.25) is 9.59 Å². The summed E-state index contributed by atoms with van der Waals surface area (Å²) >= 11 is 0. The van der Waals surface area contributed by atoms with Gasteiger partial charge >= 0.3 is 11.9 Å². The molecule has 5 nitrogen and oxygen atoms in total. The Kier molecular flexibility index (Phi) is 17.8.